The van der Waals surface area contributed by atoms with E-state index < -0.39 is 0 Å². The molecule has 1 aromatic heterocycles. The van der Waals surface area contributed by atoms with Crippen molar-refractivity contribution in [2.75, 3.05) is 0 Å². The Kier molecular flexibility index (Phi) is 3.00. The number of aromatic nitrogens is 1. The molecule has 98 valence electrons. The van der Waals surface area contributed by atoms with Gasteiger partial charge in [0.05, 0.1) is 17.3 Å². The molecule has 0 aliphatic heterocycles. The first-order valence-corrected chi connectivity index (χ1v) is 6.91. The molecule has 0 spiro atoms. The zero-order valence-corrected chi connectivity index (χ0v) is 12.3. The lowest BCUT2D eigenvalue weighted by Crippen LogP contribution is -1.94. The predicted octanol–water partition coefficient (Wildman–Crippen LogP) is 4.28. The first-order chi connectivity index (χ1) is 9.61. The van der Waals surface area contributed by atoms with Crippen molar-refractivity contribution in [3.63, 3.8) is 0 Å². The third-order valence-corrected chi connectivity index (χ3v) is 4.28. The van der Waals surface area contributed by atoms with Gasteiger partial charge in [-0.3, -0.25) is 4.57 Å². The Hall–Kier alpha value is -2.25. The standard InChI is InChI=1S/C16H11BrN2O/c1-10-14(17)3-2-4-15(10)19-9-12-6-5-11(8-18)7-13(12)16(19)20/h2-7,9,20H,1H3. The number of fused-ring (bicyclic) bond motifs is 1. The van der Waals surface area contributed by atoms with Crippen LogP contribution in [-0.4, -0.2) is 9.67 Å². The van der Waals surface area contributed by atoms with Gasteiger partial charge in [-0.1, -0.05) is 28.1 Å². The summed E-state index contributed by atoms with van der Waals surface area (Å²) in [6.07, 6.45) is 1.88. The monoisotopic (exact) mass is 326 g/mol. The molecule has 0 radical (unpaired) electrons. The summed E-state index contributed by atoms with van der Waals surface area (Å²) in [5, 5.41) is 21.0. The number of rotatable bonds is 1. The average molecular weight is 327 g/mol. The van der Waals surface area contributed by atoms with Gasteiger partial charge in [0.2, 0.25) is 5.88 Å². The van der Waals surface area contributed by atoms with Crippen LogP contribution in [0.5, 0.6) is 5.88 Å². The minimum Gasteiger partial charge on any atom is -0.494 e. The molecular weight excluding hydrogens is 316 g/mol. The van der Waals surface area contributed by atoms with Gasteiger partial charge in [-0.2, -0.15) is 5.26 Å². The number of nitriles is 1. The van der Waals surface area contributed by atoms with Gasteiger partial charge in [-0.15, -0.1) is 0 Å². The molecule has 1 N–H and O–H groups in total. The topological polar surface area (TPSA) is 49.0 Å². The Balaban J connectivity index is 2.30. The third kappa shape index (κ3) is 1.87. The summed E-state index contributed by atoms with van der Waals surface area (Å²) in [7, 11) is 0. The minimum atomic E-state index is 0.151. The molecule has 0 atom stereocenters. The Bertz CT molecular complexity index is 859. The number of aromatic hydroxyl groups is 1. The highest BCUT2D eigenvalue weighted by Crippen LogP contribution is 2.33. The SMILES string of the molecule is Cc1c(Br)cccc1-n1cc2ccc(C#N)cc2c1O. The van der Waals surface area contributed by atoms with Crippen molar-refractivity contribution in [1.82, 2.24) is 4.57 Å². The third-order valence-electron chi connectivity index (χ3n) is 3.42. The van der Waals surface area contributed by atoms with Gasteiger partial charge in [0.1, 0.15) is 0 Å². The van der Waals surface area contributed by atoms with Crippen molar-refractivity contribution in [3.8, 4) is 17.6 Å². The van der Waals surface area contributed by atoms with E-state index in [4.69, 9.17) is 5.26 Å². The maximum absolute atomic E-state index is 10.4. The van der Waals surface area contributed by atoms with Crippen molar-refractivity contribution in [2.24, 2.45) is 0 Å². The average Bonchev–Trinajstić information content (AvgIpc) is 2.78. The van der Waals surface area contributed by atoms with E-state index >= 15 is 0 Å². The molecule has 0 aliphatic carbocycles. The fourth-order valence-electron chi connectivity index (χ4n) is 2.30. The van der Waals surface area contributed by atoms with Crippen LogP contribution in [0.15, 0.2) is 47.1 Å². The molecule has 0 aliphatic rings. The summed E-state index contributed by atoms with van der Waals surface area (Å²) in [5.74, 6) is 0.151. The second kappa shape index (κ2) is 4.69. The summed E-state index contributed by atoms with van der Waals surface area (Å²) < 4.78 is 2.73. The highest BCUT2D eigenvalue weighted by atomic mass is 79.9. The van der Waals surface area contributed by atoms with Crippen molar-refractivity contribution < 1.29 is 5.11 Å². The lowest BCUT2D eigenvalue weighted by molar-refractivity contribution is 0.448. The fourth-order valence-corrected chi connectivity index (χ4v) is 2.66. The van der Waals surface area contributed by atoms with Crippen LogP contribution in [0.3, 0.4) is 0 Å². The van der Waals surface area contributed by atoms with E-state index in [1.165, 1.54) is 0 Å². The van der Waals surface area contributed by atoms with Gasteiger partial charge in [-0.05, 0) is 36.8 Å². The lowest BCUT2D eigenvalue weighted by Gasteiger charge is -2.09. The molecule has 1 heterocycles. The number of hydrogen-bond acceptors (Lipinski definition) is 2. The second-order valence-electron chi connectivity index (χ2n) is 4.62. The smallest absolute Gasteiger partial charge is 0.203 e. The van der Waals surface area contributed by atoms with E-state index in [9.17, 15) is 5.11 Å². The molecule has 4 heteroatoms. The molecule has 2 aromatic carbocycles. The van der Waals surface area contributed by atoms with Crippen LogP contribution in [0.4, 0.5) is 0 Å². The molecule has 3 aromatic rings. The predicted molar refractivity (Wildman–Crippen MR) is 82.1 cm³/mol. The van der Waals surface area contributed by atoms with Gasteiger partial charge < -0.3 is 5.11 Å². The number of hydrogen-bond donors (Lipinski definition) is 1. The Morgan fingerprint density at radius 1 is 1.25 bits per heavy atom. The van der Waals surface area contributed by atoms with Gasteiger partial charge >= 0.3 is 0 Å². The molecule has 0 amide bonds. The minimum absolute atomic E-state index is 0.151. The van der Waals surface area contributed by atoms with E-state index in [0.29, 0.717) is 10.9 Å². The first-order valence-electron chi connectivity index (χ1n) is 6.11. The van der Waals surface area contributed by atoms with Crippen molar-refractivity contribution in [3.05, 3.63) is 58.2 Å². The number of halogens is 1. The van der Waals surface area contributed by atoms with Crippen LogP contribution < -0.4 is 0 Å². The highest BCUT2D eigenvalue weighted by molar-refractivity contribution is 9.10. The Morgan fingerprint density at radius 2 is 2.05 bits per heavy atom. The second-order valence-corrected chi connectivity index (χ2v) is 5.47. The normalized spacial score (nSPS) is 10.7. The van der Waals surface area contributed by atoms with Gasteiger partial charge in [0.15, 0.2) is 0 Å². The maximum atomic E-state index is 10.4. The molecule has 0 bridgehead atoms. The maximum Gasteiger partial charge on any atom is 0.203 e. The van der Waals surface area contributed by atoms with Crippen LogP contribution in [0, 0.1) is 18.3 Å². The van der Waals surface area contributed by atoms with Crippen molar-refractivity contribution in [2.45, 2.75) is 6.92 Å². The van der Waals surface area contributed by atoms with Crippen LogP contribution >= 0.6 is 15.9 Å². The van der Waals surface area contributed by atoms with Crippen LogP contribution in [0.25, 0.3) is 16.5 Å². The zero-order chi connectivity index (χ0) is 14.3. The fraction of sp³-hybridized carbons (Fsp3) is 0.0625. The molecule has 3 nitrogen and oxygen atoms in total. The van der Waals surface area contributed by atoms with Crippen LogP contribution in [0.1, 0.15) is 11.1 Å². The Morgan fingerprint density at radius 3 is 2.80 bits per heavy atom. The van der Waals surface area contributed by atoms with Gasteiger partial charge in [-0.25, -0.2) is 0 Å². The highest BCUT2D eigenvalue weighted by Gasteiger charge is 2.12. The van der Waals surface area contributed by atoms with E-state index in [0.717, 1.165) is 21.1 Å². The number of benzene rings is 2. The van der Waals surface area contributed by atoms with E-state index in [2.05, 4.69) is 22.0 Å². The number of nitrogens with zero attached hydrogens (tertiary/aromatic N) is 2. The first kappa shape index (κ1) is 12.8. The lowest BCUT2D eigenvalue weighted by atomic mass is 10.1. The summed E-state index contributed by atoms with van der Waals surface area (Å²) in [5.41, 5.74) is 2.49. The Labute approximate surface area is 124 Å². The van der Waals surface area contributed by atoms with Gasteiger partial charge in [0.25, 0.3) is 0 Å². The van der Waals surface area contributed by atoms with Crippen LogP contribution in [-0.2, 0) is 0 Å². The summed E-state index contributed by atoms with van der Waals surface area (Å²) in [6.45, 7) is 1.99. The van der Waals surface area contributed by atoms with Crippen molar-refractivity contribution in [1.29, 1.82) is 5.26 Å². The summed E-state index contributed by atoms with van der Waals surface area (Å²) in [6, 6.07) is 13.2. The zero-order valence-electron chi connectivity index (χ0n) is 10.8. The molecular formula is C16H11BrN2O. The molecule has 0 saturated heterocycles. The molecule has 0 unspecified atom stereocenters. The van der Waals surface area contributed by atoms with E-state index in [1.807, 2.05) is 37.4 Å². The molecule has 3 rings (SSSR count). The summed E-state index contributed by atoms with van der Waals surface area (Å²) >= 11 is 3.50. The van der Waals surface area contributed by atoms with E-state index in [1.54, 1.807) is 16.7 Å². The molecule has 0 saturated carbocycles. The van der Waals surface area contributed by atoms with Crippen LogP contribution in [0.2, 0.25) is 0 Å². The van der Waals surface area contributed by atoms with Crippen molar-refractivity contribution >= 4 is 26.7 Å². The molecule has 0 fully saturated rings. The van der Waals surface area contributed by atoms with E-state index in [-0.39, 0.29) is 5.88 Å². The largest absolute Gasteiger partial charge is 0.494 e. The van der Waals surface area contributed by atoms with Gasteiger partial charge in [0, 0.05) is 21.4 Å². The summed E-state index contributed by atoms with van der Waals surface area (Å²) in [4.78, 5) is 0. The molecule has 20 heavy (non-hydrogen) atoms. The quantitative estimate of drug-likeness (QED) is 0.725.